The van der Waals surface area contributed by atoms with E-state index in [0.29, 0.717) is 11.7 Å². The Hall–Kier alpha value is -1.29. The molecule has 0 bridgehead atoms. The number of alkyl halides is 1. The molecule has 0 heterocycles. The van der Waals surface area contributed by atoms with Crippen LogP contribution < -0.4 is 15.2 Å². The van der Waals surface area contributed by atoms with E-state index in [-0.39, 0.29) is 6.54 Å². The fourth-order valence-corrected chi connectivity index (χ4v) is 2.22. The summed E-state index contributed by atoms with van der Waals surface area (Å²) in [6.45, 7) is 0.590. The minimum absolute atomic E-state index is 0.146. The van der Waals surface area contributed by atoms with Gasteiger partial charge in [-0.2, -0.15) is 0 Å². The number of halogens is 1. The van der Waals surface area contributed by atoms with Crippen molar-refractivity contribution in [3.8, 4) is 11.5 Å². The van der Waals surface area contributed by atoms with Gasteiger partial charge in [-0.05, 0) is 30.9 Å². The summed E-state index contributed by atoms with van der Waals surface area (Å²) in [5.41, 5.74) is 5.17. The number of hydrogen-bond acceptors (Lipinski definition) is 3. The summed E-state index contributed by atoms with van der Waals surface area (Å²) in [5, 5.41) is 0. The lowest BCUT2D eigenvalue weighted by Gasteiger charge is -2.13. The SMILES string of the molecule is NCC(F)Oc1cccc(OCC2CCCC2)c1. The maximum atomic E-state index is 13.0. The zero-order valence-electron chi connectivity index (χ0n) is 10.5. The first kappa shape index (κ1) is 13.1. The summed E-state index contributed by atoms with van der Waals surface area (Å²) in [6, 6.07) is 7.06. The molecule has 0 amide bonds. The van der Waals surface area contributed by atoms with E-state index in [1.165, 1.54) is 25.7 Å². The standard InChI is InChI=1S/C14H20FNO2/c15-14(9-16)18-13-7-3-6-12(8-13)17-10-11-4-1-2-5-11/h3,6-8,11,14H,1-2,4-5,9-10,16H2. The fourth-order valence-electron chi connectivity index (χ4n) is 2.22. The Bertz CT molecular complexity index is 367. The molecule has 1 aliphatic rings. The number of nitrogens with two attached hydrogens (primary N) is 1. The second-order valence-corrected chi connectivity index (χ2v) is 4.70. The molecule has 18 heavy (non-hydrogen) atoms. The minimum atomic E-state index is -1.46. The van der Waals surface area contributed by atoms with Gasteiger partial charge in [0.05, 0.1) is 13.2 Å². The van der Waals surface area contributed by atoms with Crippen LogP contribution in [0.2, 0.25) is 0 Å². The highest BCUT2D eigenvalue weighted by atomic mass is 19.1. The van der Waals surface area contributed by atoms with Crippen LogP contribution in [0.4, 0.5) is 4.39 Å². The quantitative estimate of drug-likeness (QED) is 0.847. The highest BCUT2D eigenvalue weighted by Gasteiger charge is 2.15. The molecule has 0 spiro atoms. The molecular weight excluding hydrogens is 233 g/mol. The summed E-state index contributed by atoms with van der Waals surface area (Å²) in [7, 11) is 0. The van der Waals surface area contributed by atoms with Gasteiger partial charge in [0, 0.05) is 6.07 Å². The zero-order chi connectivity index (χ0) is 12.8. The van der Waals surface area contributed by atoms with E-state index in [1.54, 1.807) is 18.2 Å². The number of ether oxygens (including phenoxy) is 2. The van der Waals surface area contributed by atoms with Crippen LogP contribution in [0.1, 0.15) is 25.7 Å². The largest absolute Gasteiger partial charge is 0.493 e. The van der Waals surface area contributed by atoms with Crippen LogP contribution in [0.5, 0.6) is 11.5 Å². The molecule has 0 aromatic heterocycles. The molecule has 1 fully saturated rings. The van der Waals surface area contributed by atoms with Crippen molar-refractivity contribution in [2.24, 2.45) is 11.7 Å². The van der Waals surface area contributed by atoms with E-state index in [1.807, 2.05) is 6.07 Å². The second kappa shape index (κ2) is 6.59. The van der Waals surface area contributed by atoms with E-state index < -0.39 is 6.36 Å². The maximum absolute atomic E-state index is 13.0. The van der Waals surface area contributed by atoms with Crippen LogP contribution in [0.25, 0.3) is 0 Å². The van der Waals surface area contributed by atoms with Gasteiger partial charge in [-0.1, -0.05) is 18.9 Å². The van der Waals surface area contributed by atoms with E-state index >= 15 is 0 Å². The predicted molar refractivity (Wildman–Crippen MR) is 68.5 cm³/mol. The lowest BCUT2D eigenvalue weighted by atomic mass is 10.1. The smallest absolute Gasteiger partial charge is 0.250 e. The van der Waals surface area contributed by atoms with Crippen molar-refractivity contribution in [3.63, 3.8) is 0 Å². The van der Waals surface area contributed by atoms with Gasteiger partial charge in [-0.3, -0.25) is 0 Å². The molecule has 1 unspecified atom stereocenters. The van der Waals surface area contributed by atoms with Crippen molar-refractivity contribution in [3.05, 3.63) is 24.3 Å². The molecule has 1 aliphatic carbocycles. The highest BCUT2D eigenvalue weighted by Crippen LogP contribution is 2.26. The summed E-state index contributed by atoms with van der Waals surface area (Å²) in [5.74, 6) is 1.84. The van der Waals surface area contributed by atoms with Gasteiger partial charge >= 0.3 is 0 Å². The van der Waals surface area contributed by atoms with Crippen molar-refractivity contribution >= 4 is 0 Å². The Kier molecular flexibility index (Phi) is 4.81. The third-order valence-electron chi connectivity index (χ3n) is 3.22. The number of rotatable bonds is 6. The Labute approximate surface area is 107 Å². The van der Waals surface area contributed by atoms with Crippen molar-refractivity contribution in [2.45, 2.75) is 32.0 Å². The molecule has 1 aromatic carbocycles. The van der Waals surface area contributed by atoms with Crippen LogP contribution >= 0.6 is 0 Å². The lowest BCUT2D eigenvalue weighted by Crippen LogP contribution is -2.21. The van der Waals surface area contributed by atoms with E-state index in [4.69, 9.17) is 15.2 Å². The first-order valence-electron chi connectivity index (χ1n) is 6.51. The highest BCUT2D eigenvalue weighted by molar-refractivity contribution is 5.33. The van der Waals surface area contributed by atoms with E-state index in [9.17, 15) is 4.39 Å². The number of hydrogen-bond donors (Lipinski definition) is 1. The van der Waals surface area contributed by atoms with Gasteiger partial charge in [-0.15, -0.1) is 0 Å². The van der Waals surface area contributed by atoms with Gasteiger partial charge in [0.15, 0.2) is 0 Å². The van der Waals surface area contributed by atoms with Crippen LogP contribution in [-0.4, -0.2) is 19.5 Å². The summed E-state index contributed by atoms with van der Waals surface area (Å²) < 4.78 is 23.7. The molecule has 1 aromatic rings. The Balaban J connectivity index is 1.86. The first-order valence-corrected chi connectivity index (χ1v) is 6.51. The topological polar surface area (TPSA) is 44.5 Å². The Morgan fingerprint density at radius 1 is 1.28 bits per heavy atom. The molecule has 2 N–H and O–H groups in total. The van der Waals surface area contributed by atoms with Crippen LogP contribution in [-0.2, 0) is 0 Å². The third kappa shape index (κ3) is 3.88. The molecule has 100 valence electrons. The van der Waals surface area contributed by atoms with Crippen LogP contribution in [0, 0.1) is 5.92 Å². The van der Waals surface area contributed by atoms with E-state index in [2.05, 4.69) is 0 Å². The van der Waals surface area contributed by atoms with Gasteiger partial charge < -0.3 is 15.2 Å². The van der Waals surface area contributed by atoms with Crippen molar-refractivity contribution in [1.82, 2.24) is 0 Å². The maximum Gasteiger partial charge on any atom is 0.250 e. The molecule has 1 atom stereocenters. The van der Waals surface area contributed by atoms with Gasteiger partial charge in [0.25, 0.3) is 6.36 Å². The molecule has 2 rings (SSSR count). The summed E-state index contributed by atoms with van der Waals surface area (Å²) >= 11 is 0. The van der Waals surface area contributed by atoms with Crippen molar-refractivity contribution in [2.75, 3.05) is 13.2 Å². The van der Waals surface area contributed by atoms with Crippen LogP contribution in [0.15, 0.2) is 24.3 Å². The number of benzene rings is 1. The molecule has 0 radical (unpaired) electrons. The third-order valence-corrected chi connectivity index (χ3v) is 3.22. The molecule has 4 heteroatoms. The average Bonchev–Trinajstić information content (AvgIpc) is 2.90. The average molecular weight is 253 g/mol. The summed E-state index contributed by atoms with van der Waals surface area (Å²) in [4.78, 5) is 0. The monoisotopic (exact) mass is 253 g/mol. The normalized spacial score (nSPS) is 17.7. The summed E-state index contributed by atoms with van der Waals surface area (Å²) in [6.07, 6.45) is 3.63. The van der Waals surface area contributed by atoms with Gasteiger partial charge in [-0.25, -0.2) is 4.39 Å². The Morgan fingerprint density at radius 2 is 2.00 bits per heavy atom. The minimum Gasteiger partial charge on any atom is -0.493 e. The van der Waals surface area contributed by atoms with Crippen molar-refractivity contribution in [1.29, 1.82) is 0 Å². The fraction of sp³-hybridized carbons (Fsp3) is 0.571. The predicted octanol–water partition coefficient (Wildman–Crippen LogP) is 2.89. The van der Waals surface area contributed by atoms with E-state index in [0.717, 1.165) is 12.4 Å². The lowest BCUT2D eigenvalue weighted by molar-refractivity contribution is 0.0755. The van der Waals surface area contributed by atoms with Crippen molar-refractivity contribution < 1.29 is 13.9 Å². The molecule has 0 aliphatic heterocycles. The molecule has 1 saturated carbocycles. The molecule has 0 saturated heterocycles. The zero-order valence-corrected chi connectivity index (χ0v) is 10.5. The molecule has 3 nitrogen and oxygen atoms in total. The second-order valence-electron chi connectivity index (χ2n) is 4.70. The molecular formula is C14H20FNO2. The first-order chi connectivity index (χ1) is 8.78. The van der Waals surface area contributed by atoms with Gasteiger partial charge in [0.1, 0.15) is 11.5 Å². The Morgan fingerprint density at radius 3 is 2.72 bits per heavy atom. The van der Waals surface area contributed by atoms with Crippen LogP contribution in [0.3, 0.4) is 0 Å². The van der Waals surface area contributed by atoms with Gasteiger partial charge in [0.2, 0.25) is 0 Å².